The summed E-state index contributed by atoms with van der Waals surface area (Å²) in [4.78, 5) is 11.0. The summed E-state index contributed by atoms with van der Waals surface area (Å²) < 4.78 is 6.19. The number of carbonyl (C=O) groups is 1. The summed E-state index contributed by atoms with van der Waals surface area (Å²) in [5.41, 5.74) is 2.68. The zero-order chi connectivity index (χ0) is 11.6. The maximum atomic E-state index is 11.0. The summed E-state index contributed by atoms with van der Waals surface area (Å²) in [5, 5.41) is 13.7. The quantitative estimate of drug-likeness (QED) is 0.722. The van der Waals surface area contributed by atoms with Crippen LogP contribution < -0.4 is 0 Å². The summed E-state index contributed by atoms with van der Waals surface area (Å²) in [5.74, 6) is -0.613. The van der Waals surface area contributed by atoms with Crippen LogP contribution in [0.3, 0.4) is 0 Å². The Labute approximate surface area is 88.7 Å². The molecule has 1 rings (SSSR count). The molecule has 1 heterocycles. The first-order valence-corrected chi connectivity index (χ1v) is 4.72. The van der Waals surface area contributed by atoms with Crippen LogP contribution in [-0.4, -0.2) is 34.1 Å². The van der Waals surface area contributed by atoms with Gasteiger partial charge >= 0.3 is 5.97 Å². The minimum Gasteiger partial charge on any atom is -0.467 e. The highest BCUT2D eigenvalue weighted by Crippen LogP contribution is 2.14. The topological polar surface area (TPSA) is 64.3 Å². The summed E-state index contributed by atoms with van der Waals surface area (Å²) in [6, 6.07) is 0. The van der Waals surface area contributed by atoms with E-state index >= 15 is 0 Å². The van der Waals surface area contributed by atoms with E-state index in [1.165, 1.54) is 7.11 Å². The summed E-state index contributed by atoms with van der Waals surface area (Å²) in [6.07, 6.45) is -0.866. The van der Waals surface area contributed by atoms with E-state index in [1.807, 2.05) is 20.9 Å². The van der Waals surface area contributed by atoms with E-state index < -0.39 is 12.1 Å². The second kappa shape index (κ2) is 4.44. The highest BCUT2D eigenvalue weighted by Gasteiger charge is 2.20. The highest BCUT2D eigenvalue weighted by molar-refractivity contribution is 5.74. The molecule has 0 aliphatic carbocycles. The number of esters is 1. The molecule has 0 fully saturated rings. The molecule has 1 atom stereocenters. The fraction of sp³-hybridized carbons (Fsp3) is 0.600. The van der Waals surface area contributed by atoms with Crippen LogP contribution in [0.25, 0.3) is 0 Å². The number of hydrogen-bond donors (Lipinski definition) is 1. The minimum absolute atomic E-state index is 0.248. The molecule has 1 aromatic rings. The number of hydrogen-bond acceptors (Lipinski definition) is 4. The van der Waals surface area contributed by atoms with Gasteiger partial charge in [-0.15, -0.1) is 0 Å². The maximum absolute atomic E-state index is 11.0. The Kier molecular flexibility index (Phi) is 3.47. The molecule has 0 saturated carbocycles. The number of ether oxygens (including phenoxy) is 1. The maximum Gasteiger partial charge on any atom is 0.335 e. The molecule has 5 nitrogen and oxygen atoms in total. The van der Waals surface area contributed by atoms with E-state index in [0.717, 1.165) is 17.0 Å². The van der Waals surface area contributed by atoms with Crippen LogP contribution in [0.5, 0.6) is 0 Å². The number of aryl methyl sites for hydroxylation is 2. The molecule has 1 aromatic heterocycles. The van der Waals surface area contributed by atoms with Crippen molar-refractivity contribution in [3.05, 3.63) is 17.0 Å². The Morgan fingerprint density at radius 2 is 2.20 bits per heavy atom. The lowest BCUT2D eigenvalue weighted by molar-refractivity contribution is -0.150. The molecule has 0 aromatic carbocycles. The predicted octanol–water partition coefficient (Wildman–Crippen LogP) is 0.113. The van der Waals surface area contributed by atoms with Gasteiger partial charge in [0.1, 0.15) is 0 Å². The van der Waals surface area contributed by atoms with E-state index in [1.54, 1.807) is 4.68 Å². The van der Waals surface area contributed by atoms with Gasteiger partial charge in [0.05, 0.1) is 12.8 Å². The Morgan fingerprint density at radius 1 is 1.60 bits per heavy atom. The SMILES string of the molecule is COC(=O)C(O)Cc1c(C)nn(C)c1C. The second-order valence-corrected chi connectivity index (χ2v) is 3.52. The van der Waals surface area contributed by atoms with Crippen molar-refractivity contribution in [3.63, 3.8) is 0 Å². The van der Waals surface area contributed by atoms with E-state index in [9.17, 15) is 9.90 Å². The first kappa shape index (κ1) is 11.7. The molecule has 0 amide bonds. The first-order valence-electron chi connectivity index (χ1n) is 4.72. The number of carbonyl (C=O) groups excluding carboxylic acids is 1. The van der Waals surface area contributed by atoms with Crippen molar-refractivity contribution in [1.82, 2.24) is 9.78 Å². The third-order valence-corrected chi connectivity index (χ3v) is 2.53. The molecule has 1 N–H and O–H groups in total. The van der Waals surface area contributed by atoms with Gasteiger partial charge < -0.3 is 9.84 Å². The van der Waals surface area contributed by atoms with Gasteiger partial charge in [-0.3, -0.25) is 4.68 Å². The zero-order valence-electron chi connectivity index (χ0n) is 9.44. The Morgan fingerprint density at radius 3 is 2.60 bits per heavy atom. The van der Waals surface area contributed by atoms with Crippen LogP contribution in [-0.2, 0) is 23.0 Å². The van der Waals surface area contributed by atoms with Gasteiger partial charge in [0.2, 0.25) is 0 Å². The van der Waals surface area contributed by atoms with Crippen molar-refractivity contribution in [3.8, 4) is 0 Å². The Hall–Kier alpha value is -1.36. The minimum atomic E-state index is -1.11. The van der Waals surface area contributed by atoms with Gasteiger partial charge in [-0.05, 0) is 19.4 Å². The zero-order valence-corrected chi connectivity index (χ0v) is 9.44. The van der Waals surface area contributed by atoms with Crippen LogP contribution in [0.4, 0.5) is 0 Å². The molecule has 5 heteroatoms. The Bertz CT molecular complexity index is 371. The molecular formula is C10H16N2O3. The van der Waals surface area contributed by atoms with Crippen LogP contribution >= 0.6 is 0 Å². The van der Waals surface area contributed by atoms with Crippen molar-refractivity contribution in [2.45, 2.75) is 26.4 Å². The van der Waals surface area contributed by atoms with E-state index in [2.05, 4.69) is 9.84 Å². The first-order chi connectivity index (χ1) is 6.97. The Balaban J connectivity index is 2.85. The van der Waals surface area contributed by atoms with E-state index in [-0.39, 0.29) is 6.42 Å². The fourth-order valence-corrected chi connectivity index (χ4v) is 1.53. The average Bonchev–Trinajstić information content (AvgIpc) is 2.43. The van der Waals surface area contributed by atoms with Crippen molar-refractivity contribution >= 4 is 5.97 Å². The molecule has 0 spiro atoms. The summed E-state index contributed by atoms with van der Waals surface area (Å²) >= 11 is 0. The van der Waals surface area contributed by atoms with Crippen molar-refractivity contribution in [1.29, 1.82) is 0 Å². The van der Waals surface area contributed by atoms with E-state index in [0.29, 0.717) is 0 Å². The molecule has 0 radical (unpaired) electrons. The number of aliphatic hydroxyl groups excluding tert-OH is 1. The average molecular weight is 212 g/mol. The molecule has 0 saturated heterocycles. The monoisotopic (exact) mass is 212 g/mol. The van der Waals surface area contributed by atoms with Crippen LogP contribution in [0.2, 0.25) is 0 Å². The van der Waals surface area contributed by atoms with Gasteiger partial charge in [-0.25, -0.2) is 4.79 Å². The van der Waals surface area contributed by atoms with Gasteiger partial charge in [-0.1, -0.05) is 0 Å². The molecular weight excluding hydrogens is 196 g/mol. The number of methoxy groups -OCH3 is 1. The number of aliphatic hydroxyl groups is 1. The lowest BCUT2D eigenvalue weighted by Crippen LogP contribution is -2.24. The lowest BCUT2D eigenvalue weighted by atomic mass is 10.1. The number of rotatable bonds is 3. The second-order valence-electron chi connectivity index (χ2n) is 3.52. The lowest BCUT2D eigenvalue weighted by Gasteiger charge is -2.08. The fourth-order valence-electron chi connectivity index (χ4n) is 1.53. The normalized spacial score (nSPS) is 12.6. The standard InChI is InChI=1S/C10H16N2O3/c1-6-8(7(2)12(3)11-6)5-9(13)10(14)15-4/h9,13H,5H2,1-4H3. The molecule has 0 bridgehead atoms. The third kappa shape index (κ3) is 2.36. The van der Waals surface area contributed by atoms with Gasteiger partial charge in [-0.2, -0.15) is 5.10 Å². The largest absolute Gasteiger partial charge is 0.467 e. The van der Waals surface area contributed by atoms with E-state index in [4.69, 9.17) is 0 Å². The predicted molar refractivity (Wildman–Crippen MR) is 54.4 cm³/mol. The van der Waals surface area contributed by atoms with Crippen LogP contribution in [0.15, 0.2) is 0 Å². The van der Waals surface area contributed by atoms with Gasteiger partial charge in [0.25, 0.3) is 0 Å². The molecule has 0 aliphatic rings. The molecule has 15 heavy (non-hydrogen) atoms. The smallest absolute Gasteiger partial charge is 0.335 e. The molecule has 0 aliphatic heterocycles. The van der Waals surface area contributed by atoms with Crippen molar-refractivity contribution < 1.29 is 14.6 Å². The highest BCUT2D eigenvalue weighted by atomic mass is 16.5. The van der Waals surface area contributed by atoms with Gasteiger partial charge in [0, 0.05) is 19.2 Å². The summed E-state index contributed by atoms with van der Waals surface area (Å²) in [6.45, 7) is 3.76. The van der Waals surface area contributed by atoms with Crippen LogP contribution in [0, 0.1) is 13.8 Å². The molecule has 1 unspecified atom stereocenters. The summed E-state index contributed by atoms with van der Waals surface area (Å²) in [7, 11) is 3.09. The van der Waals surface area contributed by atoms with Crippen molar-refractivity contribution in [2.75, 3.05) is 7.11 Å². The van der Waals surface area contributed by atoms with Crippen molar-refractivity contribution in [2.24, 2.45) is 7.05 Å². The van der Waals surface area contributed by atoms with Gasteiger partial charge in [0.15, 0.2) is 6.10 Å². The third-order valence-electron chi connectivity index (χ3n) is 2.53. The number of aromatic nitrogens is 2. The molecule has 84 valence electrons. The van der Waals surface area contributed by atoms with Crippen LogP contribution in [0.1, 0.15) is 17.0 Å². The number of nitrogens with zero attached hydrogens (tertiary/aromatic N) is 2.